The maximum atomic E-state index is 12.4. The molecule has 2 amide bonds. The third kappa shape index (κ3) is 3.99. The second-order valence-electron chi connectivity index (χ2n) is 5.95. The zero-order valence-electron chi connectivity index (χ0n) is 13.7. The van der Waals surface area contributed by atoms with E-state index in [4.69, 9.17) is 4.74 Å². The summed E-state index contributed by atoms with van der Waals surface area (Å²) >= 11 is 1.36. The molecule has 0 spiro atoms. The monoisotopic (exact) mass is 366 g/mol. The van der Waals surface area contributed by atoms with Crippen molar-refractivity contribution in [3.63, 3.8) is 0 Å². The van der Waals surface area contributed by atoms with Crippen LogP contribution in [-0.4, -0.2) is 46.4 Å². The van der Waals surface area contributed by atoms with Gasteiger partial charge in [-0.05, 0) is 25.7 Å². The molecule has 0 atom stereocenters. The molecule has 0 saturated heterocycles. The van der Waals surface area contributed by atoms with Crippen molar-refractivity contribution in [3.8, 4) is 5.75 Å². The first-order valence-electron chi connectivity index (χ1n) is 8.02. The molecule has 0 unspecified atom stereocenters. The highest BCUT2D eigenvalue weighted by Gasteiger charge is 2.24. The third-order valence-corrected chi connectivity index (χ3v) is 4.96. The Morgan fingerprint density at radius 2 is 2.08 bits per heavy atom. The van der Waals surface area contributed by atoms with Crippen molar-refractivity contribution in [3.05, 3.63) is 28.2 Å². The van der Waals surface area contributed by atoms with E-state index in [1.165, 1.54) is 24.6 Å². The molecule has 3 rings (SSSR count). The number of carbonyl (C=O) groups is 2. The minimum Gasteiger partial charge on any atom is -0.495 e. The van der Waals surface area contributed by atoms with Gasteiger partial charge >= 0.3 is 0 Å². The van der Waals surface area contributed by atoms with Crippen LogP contribution in [-0.2, 0) is 0 Å². The minimum atomic E-state index is -0.366. The van der Waals surface area contributed by atoms with E-state index >= 15 is 0 Å². The molecule has 0 radical (unpaired) electrons. The minimum absolute atomic E-state index is 0. The standard InChI is InChI=1S/C16H20N4O4S.H2/c1-24-13-8-25-7-11(13)15(22)19-12-6-17-20-14(12)16(23)18-9-2-4-10(21)5-3-9;/h6-10,21H,2-5H2,1H3,(H,17,20)(H,18,23)(H,19,22);1H. The van der Waals surface area contributed by atoms with Crippen LogP contribution in [0, 0.1) is 0 Å². The van der Waals surface area contributed by atoms with Gasteiger partial charge in [-0.1, -0.05) is 0 Å². The number of ether oxygens (including phenoxy) is 1. The van der Waals surface area contributed by atoms with Crippen molar-refractivity contribution in [1.82, 2.24) is 15.5 Å². The number of nitrogens with one attached hydrogen (secondary N) is 3. The van der Waals surface area contributed by atoms with E-state index in [-0.39, 0.29) is 31.1 Å². The summed E-state index contributed by atoms with van der Waals surface area (Å²) in [5.74, 6) is -0.210. The maximum absolute atomic E-state index is 12.4. The highest BCUT2D eigenvalue weighted by atomic mass is 32.1. The SMILES string of the molecule is COc1cscc1C(=O)Nc1cn[nH]c1C(=O)NC1CCC(O)CC1.[HH]. The highest BCUT2D eigenvalue weighted by molar-refractivity contribution is 7.08. The van der Waals surface area contributed by atoms with Gasteiger partial charge in [-0.25, -0.2) is 0 Å². The summed E-state index contributed by atoms with van der Waals surface area (Å²) in [7, 11) is 1.50. The lowest BCUT2D eigenvalue weighted by molar-refractivity contribution is 0.0864. The molecule has 25 heavy (non-hydrogen) atoms. The molecule has 1 aliphatic carbocycles. The Morgan fingerprint density at radius 1 is 1.32 bits per heavy atom. The number of anilines is 1. The van der Waals surface area contributed by atoms with E-state index in [1.807, 2.05) is 0 Å². The van der Waals surface area contributed by atoms with E-state index in [9.17, 15) is 14.7 Å². The van der Waals surface area contributed by atoms with Crippen molar-refractivity contribution in [1.29, 1.82) is 0 Å². The second-order valence-corrected chi connectivity index (χ2v) is 6.69. The van der Waals surface area contributed by atoms with Crippen LogP contribution in [0.25, 0.3) is 0 Å². The molecule has 136 valence electrons. The Balaban J connectivity index is 0.00000243. The first-order valence-corrected chi connectivity index (χ1v) is 8.96. The third-order valence-electron chi connectivity index (χ3n) is 4.24. The number of H-pyrrole nitrogens is 1. The molecule has 0 aromatic carbocycles. The van der Waals surface area contributed by atoms with Gasteiger partial charge in [0.15, 0.2) is 0 Å². The molecule has 9 heteroatoms. The number of rotatable bonds is 5. The predicted octanol–water partition coefficient (Wildman–Crippen LogP) is 2.01. The van der Waals surface area contributed by atoms with Crippen LogP contribution in [0.3, 0.4) is 0 Å². The van der Waals surface area contributed by atoms with E-state index in [0.29, 0.717) is 29.8 Å². The highest BCUT2D eigenvalue weighted by Crippen LogP contribution is 2.25. The Bertz CT molecular complexity index is 755. The van der Waals surface area contributed by atoms with Gasteiger partial charge in [0.25, 0.3) is 11.8 Å². The lowest BCUT2D eigenvalue weighted by atomic mass is 9.93. The summed E-state index contributed by atoms with van der Waals surface area (Å²) in [5, 5.41) is 25.0. The number of aliphatic hydroxyl groups excluding tert-OH is 1. The van der Waals surface area contributed by atoms with Crippen LogP contribution in [0.4, 0.5) is 5.69 Å². The Hall–Kier alpha value is -2.39. The van der Waals surface area contributed by atoms with Gasteiger partial charge in [0.05, 0.1) is 30.7 Å². The largest absolute Gasteiger partial charge is 0.495 e. The number of nitrogens with zero attached hydrogens (tertiary/aromatic N) is 1. The lowest BCUT2D eigenvalue weighted by Crippen LogP contribution is -2.39. The molecule has 2 aromatic heterocycles. The number of aliphatic hydroxyl groups is 1. The molecule has 0 aliphatic heterocycles. The van der Waals surface area contributed by atoms with Crippen LogP contribution in [0.15, 0.2) is 17.0 Å². The number of carbonyl (C=O) groups excluding carboxylic acids is 2. The molecular weight excluding hydrogens is 344 g/mol. The quantitative estimate of drug-likeness (QED) is 0.646. The molecule has 2 heterocycles. The fourth-order valence-electron chi connectivity index (χ4n) is 2.83. The number of amides is 2. The molecule has 2 aromatic rings. The van der Waals surface area contributed by atoms with Crippen LogP contribution in [0.2, 0.25) is 0 Å². The normalized spacial score (nSPS) is 20.1. The van der Waals surface area contributed by atoms with Crippen molar-refractivity contribution < 1.29 is 20.9 Å². The number of aromatic amines is 1. The summed E-state index contributed by atoms with van der Waals surface area (Å²) < 4.78 is 5.14. The number of hydrogen-bond acceptors (Lipinski definition) is 6. The zero-order valence-corrected chi connectivity index (χ0v) is 14.6. The Kier molecular flexibility index (Phi) is 5.34. The van der Waals surface area contributed by atoms with Gasteiger partial charge in [0, 0.05) is 18.2 Å². The smallest absolute Gasteiger partial charge is 0.271 e. The zero-order chi connectivity index (χ0) is 17.8. The topological polar surface area (TPSA) is 116 Å². The first kappa shape index (κ1) is 17.4. The molecule has 1 saturated carbocycles. The average molecular weight is 366 g/mol. The summed E-state index contributed by atoms with van der Waals surface area (Å²) in [6.45, 7) is 0. The predicted molar refractivity (Wildman–Crippen MR) is 95.3 cm³/mol. The lowest BCUT2D eigenvalue weighted by Gasteiger charge is -2.26. The number of methoxy groups -OCH3 is 1. The van der Waals surface area contributed by atoms with Crippen LogP contribution >= 0.6 is 11.3 Å². The van der Waals surface area contributed by atoms with E-state index in [1.54, 1.807) is 10.8 Å². The van der Waals surface area contributed by atoms with E-state index < -0.39 is 0 Å². The van der Waals surface area contributed by atoms with Gasteiger partial charge in [-0.2, -0.15) is 5.10 Å². The number of aromatic nitrogens is 2. The van der Waals surface area contributed by atoms with Crippen molar-refractivity contribution in [2.45, 2.75) is 37.8 Å². The summed E-state index contributed by atoms with van der Waals surface area (Å²) in [6, 6.07) is 0.0136. The molecule has 0 bridgehead atoms. The number of hydrogen-bond donors (Lipinski definition) is 4. The van der Waals surface area contributed by atoms with Gasteiger partial charge in [-0.15, -0.1) is 11.3 Å². The maximum Gasteiger partial charge on any atom is 0.271 e. The fraction of sp³-hybridized carbons (Fsp3) is 0.438. The summed E-state index contributed by atoms with van der Waals surface area (Å²) in [5.41, 5.74) is 0.918. The van der Waals surface area contributed by atoms with Crippen molar-refractivity contribution in [2.24, 2.45) is 0 Å². The fourth-order valence-corrected chi connectivity index (χ4v) is 3.60. The van der Waals surface area contributed by atoms with Gasteiger partial charge in [0.2, 0.25) is 0 Å². The van der Waals surface area contributed by atoms with Crippen molar-refractivity contribution in [2.75, 3.05) is 12.4 Å². The first-order chi connectivity index (χ1) is 12.1. The molecular formula is C16H22N4O4S. The van der Waals surface area contributed by atoms with E-state index in [0.717, 1.165) is 12.8 Å². The molecule has 1 fully saturated rings. The molecule has 1 aliphatic rings. The Morgan fingerprint density at radius 3 is 2.80 bits per heavy atom. The van der Waals surface area contributed by atoms with Gasteiger partial charge < -0.3 is 20.5 Å². The average Bonchev–Trinajstić information content (AvgIpc) is 3.25. The van der Waals surface area contributed by atoms with Crippen molar-refractivity contribution >= 4 is 28.8 Å². The second kappa shape index (κ2) is 7.66. The summed E-state index contributed by atoms with van der Waals surface area (Å²) in [4.78, 5) is 24.8. The van der Waals surface area contributed by atoms with E-state index in [2.05, 4.69) is 20.8 Å². The van der Waals surface area contributed by atoms with Crippen LogP contribution < -0.4 is 15.4 Å². The Labute approximate surface area is 150 Å². The van der Waals surface area contributed by atoms with Crippen LogP contribution in [0.1, 0.15) is 48.0 Å². The van der Waals surface area contributed by atoms with Gasteiger partial charge in [0.1, 0.15) is 11.4 Å². The summed E-state index contributed by atoms with van der Waals surface area (Å²) in [6.07, 6.45) is 3.93. The van der Waals surface area contributed by atoms with Crippen LogP contribution in [0.5, 0.6) is 5.75 Å². The van der Waals surface area contributed by atoms with Gasteiger partial charge in [-0.3, -0.25) is 14.7 Å². The molecule has 8 nitrogen and oxygen atoms in total. The molecule has 4 N–H and O–H groups in total. The number of thiophene rings is 1.